The number of hydrogen-bond donors (Lipinski definition) is 3. The summed E-state index contributed by atoms with van der Waals surface area (Å²) in [5, 5.41) is 8.99. The third-order valence-electron chi connectivity index (χ3n) is 6.51. The van der Waals surface area contributed by atoms with Crippen LogP contribution in [0.15, 0.2) is 24.3 Å². The quantitative estimate of drug-likeness (QED) is 0.646. The van der Waals surface area contributed by atoms with Crippen LogP contribution in [0, 0.1) is 5.41 Å². The van der Waals surface area contributed by atoms with Crippen LogP contribution in [0.4, 0.5) is 0 Å². The molecule has 1 heterocycles. The van der Waals surface area contributed by atoms with Gasteiger partial charge in [-0.1, -0.05) is 45.0 Å². The van der Waals surface area contributed by atoms with Gasteiger partial charge in [0, 0.05) is 6.54 Å². The Balaban J connectivity index is 1.72. The number of hydrogen-bond acceptors (Lipinski definition) is 4. The number of carbonyl (C=O) groups excluding carboxylic acids is 3. The number of fused-ring (bicyclic) bond motifs is 1. The van der Waals surface area contributed by atoms with Gasteiger partial charge in [0.05, 0.1) is 12.1 Å². The number of carbonyl (C=O) groups is 3. The molecular formula is C24H36N4O3. The van der Waals surface area contributed by atoms with Gasteiger partial charge < -0.3 is 20.9 Å². The second kappa shape index (κ2) is 9.39. The van der Waals surface area contributed by atoms with Crippen LogP contribution >= 0.6 is 0 Å². The molecule has 0 saturated carbocycles. The van der Waals surface area contributed by atoms with E-state index in [1.54, 1.807) is 18.9 Å². The molecule has 1 aliphatic heterocycles. The molecular weight excluding hydrogens is 392 g/mol. The van der Waals surface area contributed by atoms with Gasteiger partial charge >= 0.3 is 0 Å². The van der Waals surface area contributed by atoms with Gasteiger partial charge in [-0.15, -0.1) is 0 Å². The Morgan fingerprint density at radius 3 is 2.52 bits per heavy atom. The van der Waals surface area contributed by atoms with E-state index in [0.717, 1.165) is 19.3 Å². The van der Waals surface area contributed by atoms with Crippen molar-refractivity contribution in [3.8, 4) is 0 Å². The summed E-state index contributed by atoms with van der Waals surface area (Å²) in [4.78, 5) is 40.8. The summed E-state index contributed by atoms with van der Waals surface area (Å²) < 4.78 is 0. The molecule has 7 nitrogen and oxygen atoms in total. The predicted octanol–water partition coefficient (Wildman–Crippen LogP) is 1.92. The van der Waals surface area contributed by atoms with Crippen LogP contribution in [0.25, 0.3) is 0 Å². The third-order valence-corrected chi connectivity index (χ3v) is 6.51. The molecule has 0 bridgehead atoms. The zero-order valence-corrected chi connectivity index (χ0v) is 19.3. The van der Waals surface area contributed by atoms with Crippen LogP contribution in [0.3, 0.4) is 0 Å². The molecule has 2 aliphatic rings. The Morgan fingerprint density at radius 2 is 1.84 bits per heavy atom. The third kappa shape index (κ3) is 5.09. The van der Waals surface area contributed by atoms with E-state index < -0.39 is 23.5 Å². The molecule has 1 fully saturated rings. The Kier molecular flexibility index (Phi) is 7.04. The van der Waals surface area contributed by atoms with Crippen molar-refractivity contribution in [1.29, 1.82) is 0 Å². The fourth-order valence-electron chi connectivity index (χ4n) is 4.49. The zero-order valence-electron chi connectivity index (χ0n) is 19.3. The first kappa shape index (κ1) is 23.3. The van der Waals surface area contributed by atoms with Crippen LogP contribution in [0.5, 0.6) is 0 Å². The van der Waals surface area contributed by atoms with Crippen molar-refractivity contribution >= 4 is 17.7 Å². The largest absolute Gasteiger partial charge is 0.347 e. The average molecular weight is 429 g/mol. The number of likely N-dealkylation sites (tertiary alicyclic amines) is 1. The molecule has 1 saturated heterocycles. The summed E-state index contributed by atoms with van der Waals surface area (Å²) in [7, 11) is 1.71. The maximum Gasteiger partial charge on any atom is 0.246 e. The van der Waals surface area contributed by atoms with Gasteiger partial charge in [0.1, 0.15) is 12.1 Å². The van der Waals surface area contributed by atoms with Gasteiger partial charge in [-0.3, -0.25) is 14.4 Å². The van der Waals surface area contributed by atoms with Crippen molar-refractivity contribution in [2.24, 2.45) is 5.41 Å². The lowest BCUT2D eigenvalue weighted by Crippen LogP contribution is -2.59. The first-order valence-electron chi connectivity index (χ1n) is 11.3. The molecule has 170 valence electrons. The average Bonchev–Trinajstić information content (AvgIpc) is 3.37. The van der Waals surface area contributed by atoms with Crippen molar-refractivity contribution in [1.82, 2.24) is 20.9 Å². The van der Waals surface area contributed by atoms with E-state index >= 15 is 0 Å². The second-order valence-corrected chi connectivity index (χ2v) is 9.81. The first-order valence-corrected chi connectivity index (χ1v) is 11.3. The number of benzene rings is 1. The number of aryl methyl sites for hydroxylation is 1. The highest BCUT2D eigenvalue weighted by atomic mass is 16.2. The number of likely N-dealkylation sites (N-methyl/N-ethyl adjacent to an activating group) is 1. The van der Waals surface area contributed by atoms with Crippen LogP contribution in [0.2, 0.25) is 0 Å². The number of amides is 3. The van der Waals surface area contributed by atoms with E-state index in [-0.39, 0.29) is 23.8 Å². The van der Waals surface area contributed by atoms with Gasteiger partial charge in [0.2, 0.25) is 17.7 Å². The Labute approximate surface area is 185 Å². The molecule has 1 aliphatic carbocycles. The summed E-state index contributed by atoms with van der Waals surface area (Å²) in [5.41, 5.74) is 1.97. The Bertz CT molecular complexity index is 832. The molecule has 0 radical (unpaired) electrons. The molecule has 1 aromatic carbocycles. The second-order valence-electron chi connectivity index (χ2n) is 9.81. The van der Waals surface area contributed by atoms with E-state index in [9.17, 15) is 14.4 Å². The number of nitrogens with zero attached hydrogens (tertiary/aromatic N) is 1. The van der Waals surface area contributed by atoms with Gasteiger partial charge in [0.15, 0.2) is 0 Å². The fourth-order valence-corrected chi connectivity index (χ4v) is 4.49. The summed E-state index contributed by atoms with van der Waals surface area (Å²) in [5.74, 6) is -0.512. The predicted molar refractivity (Wildman–Crippen MR) is 120 cm³/mol. The minimum Gasteiger partial charge on any atom is -0.347 e. The molecule has 4 atom stereocenters. The molecule has 31 heavy (non-hydrogen) atoms. The van der Waals surface area contributed by atoms with Gasteiger partial charge in [0.25, 0.3) is 0 Å². The lowest BCUT2D eigenvalue weighted by molar-refractivity contribution is -0.144. The minimum atomic E-state index is -0.698. The maximum atomic E-state index is 13.5. The monoisotopic (exact) mass is 428 g/mol. The number of rotatable bonds is 6. The summed E-state index contributed by atoms with van der Waals surface area (Å²) in [6.45, 7) is 8.08. The highest BCUT2D eigenvalue weighted by Gasteiger charge is 2.42. The topological polar surface area (TPSA) is 90.5 Å². The Morgan fingerprint density at radius 1 is 1.13 bits per heavy atom. The highest BCUT2D eigenvalue weighted by Crippen LogP contribution is 2.32. The van der Waals surface area contributed by atoms with Crippen molar-refractivity contribution in [2.75, 3.05) is 13.6 Å². The normalized spacial score (nSPS) is 22.5. The summed E-state index contributed by atoms with van der Waals surface area (Å²) in [6.07, 6.45) is 3.26. The molecule has 3 amide bonds. The lowest BCUT2D eigenvalue weighted by Gasteiger charge is -2.36. The van der Waals surface area contributed by atoms with Crippen LogP contribution in [-0.4, -0.2) is 54.3 Å². The molecule has 1 aromatic rings. The molecule has 0 spiro atoms. The van der Waals surface area contributed by atoms with Crippen molar-refractivity contribution in [2.45, 2.75) is 77.5 Å². The summed E-state index contributed by atoms with van der Waals surface area (Å²) in [6, 6.07) is 6.59. The highest BCUT2D eigenvalue weighted by molar-refractivity contribution is 5.94. The Hall–Kier alpha value is -2.41. The van der Waals surface area contributed by atoms with Crippen LogP contribution in [-0.2, 0) is 20.8 Å². The van der Waals surface area contributed by atoms with Gasteiger partial charge in [-0.2, -0.15) is 0 Å². The first-order chi connectivity index (χ1) is 14.6. The van der Waals surface area contributed by atoms with E-state index in [1.165, 1.54) is 11.1 Å². The minimum absolute atomic E-state index is 0.00385. The smallest absolute Gasteiger partial charge is 0.246 e. The van der Waals surface area contributed by atoms with E-state index in [4.69, 9.17) is 0 Å². The van der Waals surface area contributed by atoms with E-state index in [2.05, 4.69) is 28.1 Å². The standard InChI is InChI=1S/C24H36N4O3/c1-15(25-5)21(29)27-20(24(2,3)4)23(31)28-14-8-11-19(28)22(30)26-18-13-12-16-9-6-7-10-17(16)18/h6-7,9-10,15,18-20,25H,8,11-14H2,1-5H3,(H,26,30)(H,27,29)/t15-,18+,19-,20+/m0/s1. The van der Waals surface area contributed by atoms with Crippen LogP contribution in [0.1, 0.15) is 64.1 Å². The van der Waals surface area contributed by atoms with Crippen molar-refractivity contribution in [3.63, 3.8) is 0 Å². The molecule has 3 N–H and O–H groups in total. The SMILES string of the molecule is CN[C@@H](C)C(=O)N[C@H](C(=O)N1CCC[C@H]1C(=O)N[C@@H]1CCc2ccccc21)C(C)(C)C. The zero-order chi connectivity index (χ0) is 22.8. The van der Waals surface area contributed by atoms with Gasteiger partial charge in [-0.05, 0) is 56.2 Å². The van der Waals surface area contributed by atoms with Crippen LogP contribution < -0.4 is 16.0 Å². The maximum absolute atomic E-state index is 13.5. The molecule has 0 aromatic heterocycles. The molecule has 7 heteroatoms. The van der Waals surface area contributed by atoms with E-state index in [0.29, 0.717) is 13.0 Å². The molecule has 3 rings (SSSR count). The lowest BCUT2D eigenvalue weighted by atomic mass is 9.85. The molecule has 0 unspecified atom stereocenters. The van der Waals surface area contributed by atoms with Crippen molar-refractivity contribution in [3.05, 3.63) is 35.4 Å². The van der Waals surface area contributed by atoms with Gasteiger partial charge in [-0.25, -0.2) is 0 Å². The number of nitrogens with one attached hydrogen (secondary N) is 3. The fraction of sp³-hybridized carbons (Fsp3) is 0.625. The van der Waals surface area contributed by atoms with E-state index in [1.807, 2.05) is 32.9 Å². The summed E-state index contributed by atoms with van der Waals surface area (Å²) >= 11 is 0. The van der Waals surface area contributed by atoms with Crippen molar-refractivity contribution < 1.29 is 14.4 Å².